The first-order chi connectivity index (χ1) is 11.6. The smallest absolute Gasteiger partial charge is 0.269 e. The fraction of sp³-hybridized carbons (Fsp3) is 0.111. The van der Waals surface area contributed by atoms with Crippen molar-refractivity contribution in [1.29, 1.82) is 0 Å². The number of carbonyl (C=O) groups excluding carboxylic acids is 2. The van der Waals surface area contributed by atoms with Gasteiger partial charge in [0.25, 0.3) is 5.91 Å². The molecule has 0 spiro atoms. The van der Waals surface area contributed by atoms with Gasteiger partial charge in [-0.2, -0.15) is 0 Å². The number of benzene rings is 2. The van der Waals surface area contributed by atoms with Crippen LogP contribution in [0.1, 0.15) is 16.8 Å². The highest BCUT2D eigenvalue weighted by molar-refractivity contribution is 5.95. The Balaban J connectivity index is 1.51. The van der Waals surface area contributed by atoms with Gasteiger partial charge in [0, 0.05) is 30.2 Å². The van der Waals surface area contributed by atoms with Gasteiger partial charge in [-0.25, -0.2) is 4.39 Å². The highest BCUT2D eigenvalue weighted by Gasteiger charge is 2.08. The monoisotopic (exact) mass is 325 g/mol. The topological polar surface area (TPSA) is 63.1 Å². The molecule has 5 nitrogen and oxygen atoms in total. The molecule has 0 aliphatic rings. The molecule has 0 bridgehead atoms. The van der Waals surface area contributed by atoms with Crippen molar-refractivity contribution >= 4 is 22.7 Å². The summed E-state index contributed by atoms with van der Waals surface area (Å²) in [5.74, 6) is -1.22. The normalized spacial score (nSPS) is 10.5. The van der Waals surface area contributed by atoms with Crippen LogP contribution >= 0.6 is 0 Å². The van der Waals surface area contributed by atoms with Crippen LogP contribution in [0.25, 0.3) is 10.9 Å². The number of aryl methyl sites for hydroxylation is 1. The Morgan fingerprint density at radius 1 is 0.958 bits per heavy atom. The molecule has 0 fully saturated rings. The van der Waals surface area contributed by atoms with Crippen LogP contribution in [-0.4, -0.2) is 16.4 Å². The van der Waals surface area contributed by atoms with Gasteiger partial charge in [0.1, 0.15) is 5.82 Å². The van der Waals surface area contributed by atoms with Crippen molar-refractivity contribution in [1.82, 2.24) is 15.4 Å². The van der Waals surface area contributed by atoms with Crippen LogP contribution in [0.15, 0.2) is 60.8 Å². The summed E-state index contributed by atoms with van der Waals surface area (Å²) in [6, 6.07) is 15.0. The summed E-state index contributed by atoms with van der Waals surface area (Å²) in [5.41, 5.74) is 6.00. The molecule has 0 saturated carbocycles. The number of hydrazine groups is 1. The summed E-state index contributed by atoms with van der Waals surface area (Å²) in [7, 11) is 0. The molecule has 0 unspecified atom stereocenters. The minimum Gasteiger partial charge on any atom is -0.347 e. The van der Waals surface area contributed by atoms with Crippen molar-refractivity contribution in [3.8, 4) is 0 Å². The maximum atomic E-state index is 12.8. The fourth-order valence-corrected chi connectivity index (χ4v) is 2.42. The van der Waals surface area contributed by atoms with Crippen molar-refractivity contribution in [2.24, 2.45) is 0 Å². The summed E-state index contributed by atoms with van der Waals surface area (Å²) in [6.07, 6.45) is 2.15. The summed E-state index contributed by atoms with van der Waals surface area (Å²) < 4.78 is 14.8. The van der Waals surface area contributed by atoms with E-state index in [1.54, 1.807) is 0 Å². The van der Waals surface area contributed by atoms with E-state index in [1.165, 1.54) is 24.3 Å². The Labute approximate surface area is 138 Å². The highest BCUT2D eigenvalue weighted by Crippen LogP contribution is 2.15. The summed E-state index contributed by atoms with van der Waals surface area (Å²) in [6.45, 7) is 0.506. The van der Waals surface area contributed by atoms with Crippen LogP contribution in [0, 0.1) is 5.82 Å². The Morgan fingerprint density at radius 3 is 2.50 bits per heavy atom. The van der Waals surface area contributed by atoms with E-state index in [0.29, 0.717) is 6.54 Å². The first kappa shape index (κ1) is 15.7. The minimum atomic E-state index is -0.491. The number of aromatic nitrogens is 1. The van der Waals surface area contributed by atoms with Crippen LogP contribution in [0.3, 0.4) is 0 Å². The van der Waals surface area contributed by atoms with E-state index >= 15 is 0 Å². The lowest BCUT2D eigenvalue weighted by Gasteiger charge is -2.08. The zero-order chi connectivity index (χ0) is 16.9. The molecule has 0 aliphatic carbocycles. The second kappa shape index (κ2) is 6.95. The number of carbonyl (C=O) groups is 2. The molecule has 2 aromatic carbocycles. The number of halogens is 1. The van der Waals surface area contributed by atoms with Gasteiger partial charge in [0.05, 0.1) is 0 Å². The molecule has 1 heterocycles. The van der Waals surface area contributed by atoms with E-state index in [2.05, 4.69) is 10.9 Å². The number of nitrogens with zero attached hydrogens (tertiary/aromatic N) is 1. The van der Waals surface area contributed by atoms with Crippen molar-refractivity contribution in [3.05, 3.63) is 72.2 Å². The average molecular weight is 325 g/mol. The number of amides is 2. The number of nitrogens with one attached hydrogen (secondary N) is 2. The molecule has 3 aromatic rings. The molecule has 0 aliphatic heterocycles. The van der Waals surface area contributed by atoms with Crippen LogP contribution in [0.4, 0.5) is 4.39 Å². The average Bonchev–Trinajstić information content (AvgIpc) is 3.01. The standard InChI is InChI=1S/C18H16FN3O2/c19-15-7-5-14(6-8-15)18(24)21-20-17(23)10-12-22-11-9-13-3-1-2-4-16(13)22/h1-9,11H,10,12H2,(H,20,23)(H,21,24). The summed E-state index contributed by atoms with van der Waals surface area (Å²) >= 11 is 0. The maximum Gasteiger partial charge on any atom is 0.269 e. The molecule has 6 heteroatoms. The van der Waals surface area contributed by atoms with Crippen LogP contribution in [0.5, 0.6) is 0 Å². The molecule has 1 aromatic heterocycles. The number of rotatable bonds is 4. The predicted octanol–water partition coefficient (Wildman–Crippen LogP) is 2.63. The molecule has 2 amide bonds. The summed E-state index contributed by atoms with van der Waals surface area (Å²) in [5, 5.41) is 1.11. The molecular formula is C18H16FN3O2. The van der Waals surface area contributed by atoms with Crippen molar-refractivity contribution in [2.75, 3.05) is 0 Å². The lowest BCUT2D eigenvalue weighted by molar-refractivity contribution is -0.122. The number of para-hydroxylation sites is 1. The van der Waals surface area contributed by atoms with E-state index in [4.69, 9.17) is 0 Å². The van der Waals surface area contributed by atoms with Crippen molar-refractivity contribution < 1.29 is 14.0 Å². The van der Waals surface area contributed by atoms with Crippen LogP contribution in [-0.2, 0) is 11.3 Å². The second-order valence-corrected chi connectivity index (χ2v) is 5.33. The molecule has 0 saturated heterocycles. The Bertz CT molecular complexity index is 871. The molecular weight excluding hydrogens is 309 g/mol. The first-order valence-corrected chi connectivity index (χ1v) is 7.52. The van der Waals surface area contributed by atoms with Gasteiger partial charge >= 0.3 is 0 Å². The van der Waals surface area contributed by atoms with E-state index in [0.717, 1.165) is 10.9 Å². The predicted molar refractivity (Wildman–Crippen MR) is 88.6 cm³/mol. The van der Waals surface area contributed by atoms with Gasteiger partial charge in [0.15, 0.2) is 0 Å². The third-order valence-electron chi connectivity index (χ3n) is 3.68. The number of hydrogen-bond donors (Lipinski definition) is 2. The van der Waals surface area contributed by atoms with Gasteiger partial charge < -0.3 is 4.57 Å². The Hall–Kier alpha value is -3.15. The SMILES string of the molecule is O=C(CCn1ccc2ccccc21)NNC(=O)c1ccc(F)cc1. The van der Waals surface area contributed by atoms with Gasteiger partial charge in [-0.1, -0.05) is 18.2 Å². The Morgan fingerprint density at radius 2 is 1.71 bits per heavy atom. The van der Waals surface area contributed by atoms with E-state index in [1.807, 2.05) is 41.1 Å². The van der Waals surface area contributed by atoms with E-state index in [-0.39, 0.29) is 17.9 Å². The summed E-state index contributed by atoms with van der Waals surface area (Å²) in [4.78, 5) is 23.7. The van der Waals surface area contributed by atoms with Crippen molar-refractivity contribution in [2.45, 2.75) is 13.0 Å². The van der Waals surface area contributed by atoms with Gasteiger partial charge in [0.2, 0.25) is 5.91 Å². The molecule has 0 atom stereocenters. The molecule has 3 rings (SSSR count). The second-order valence-electron chi connectivity index (χ2n) is 5.33. The van der Waals surface area contributed by atoms with E-state index in [9.17, 15) is 14.0 Å². The third kappa shape index (κ3) is 3.60. The fourth-order valence-electron chi connectivity index (χ4n) is 2.42. The van der Waals surface area contributed by atoms with Crippen molar-refractivity contribution in [3.63, 3.8) is 0 Å². The minimum absolute atomic E-state index is 0.225. The lowest BCUT2D eigenvalue weighted by atomic mass is 10.2. The third-order valence-corrected chi connectivity index (χ3v) is 3.68. The van der Waals surface area contributed by atoms with Crippen LogP contribution in [0.2, 0.25) is 0 Å². The first-order valence-electron chi connectivity index (χ1n) is 7.52. The number of hydrogen-bond acceptors (Lipinski definition) is 2. The molecule has 0 radical (unpaired) electrons. The highest BCUT2D eigenvalue weighted by atomic mass is 19.1. The zero-order valence-electron chi connectivity index (χ0n) is 12.8. The van der Waals surface area contributed by atoms with Crippen LogP contribution < -0.4 is 10.9 Å². The molecule has 24 heavy (non-hydrogen) atoms. The lowest BCUT2D eigenvalue weighted by Crippen LogP contribution is -2.41. The largest absolute Gasteiger partial charge is 0.347 e. The quantitative estimate of drug-likeness (QED) is 0.724. The van der Waals surface area contributed by atoms with Gasteiger partial charge in [-0.05, 0) is 41.8 Å². The van der Waals surface area contributed by atoms with Gasteiger partial charge in [-0.3, -0.25) is 20.4 Å². The Kier molecular flexibility index (Phi) is 4.56. The molecule has 122 valence electrons. The molecule has 2 N–H and O–H groups in total. The van der Waals surface area contributed by atoms with Gasteiger partial charge in [-0.15, -0.1) is 0 Å². The van der Waals surface area contributed by atoms with E-state index < -0.39 is 11.7 Å². The maximum absolute atomic E-state index is 12.8. The zero-order valence-corrected chi connectivity index (χ0v) is 12.8. The number of fused-ring (bicyclic) bond motifs is 1.